The highest BCUT2D eigenvalue weighted by Crippen LogP contribution is 2.47. The molecule has 16 heavy (non-hydrogen) atoms. The number of rotatable bonds is 2. The molecule has 2 N–H and O–H groups in total. The first-order chi connectivity index (χ1) is 7.57. The van der Waals surface area contributed by atoms with Crippen LogP contribution in [0.4, 0.5) is 4.79 Å². The number of esters is 1. The van der Waals surface area contributed by atoms with Gasteiger partial charge in [-0.05, 0) is 32.1 Å². The highest BCUT2D eigenvalue weighted by atomic mass is 16.5. The summed E-state index contributed by atoms with van der Waals surface area (Å²) >= 11 is 0. The van der Waals surface area contributed by atoms with Gasteiger partial charge in [-0.1, -0.05) is 0 Å². The Morgan fingerprint density at radius 2 is 2.31 bits per heavy atom. The third-order valence-corrected chi connectivity index (χ3v) is 3.70. The molecule has 1 aliphatic heterocycles. The molecule has 1 saturated heterocycles. The molecular formula is C11H18N2O3. The molecule has 2 bridgehead atoms. The zero-order valence-electron chi connectivity index (χ0n) is 9.57. The second-order valence-corrected chi connectivity index (χ2v) is 4.83. The minimum Gasteiger partial charge on any atom is -0.466 e. The molecular weight excluding hydrogens is 208 g/mol. The van der Waals surface area contributed by atoms with Gasteiger partial charge in [-0.2, -0.15) is 0 Å². The normalized spacial score (nSPS) is 32.6. The van der Waals surface area contributed by atoms with Crippen LogP contribution in [0, 0.1) is 11.3 Å². The molecule has 2 atom stereocenters. The lowest BCUT2D eigenvalue weighted by Gasteiger charge is -2.37. The molecule has 0 radical (unpaired) electrons. The van der Waals surface area contributed by atoms with Crippen molar-refractivity contribution in [1.29, 1.82) is 0 Å². The quantitative estimate of drug-likeness (QED) is 0.705. The molecule has 2 rings (SSSR count). The van der Waals surface area contributed by atoms with E-state index in [4.69, 9.17) is 10.5 Å². The maximum absolute atomic E-state index is 11.9. The summed E-state index contributed by atoms with van der Waals surface area (Å²) in [7, 11) is 0. The summed E-state index contributed by atoms with van der Waals surface area (Å²) in [5.41, 5.74) is 4.81. The number of urea groups is 1. The first-order valence-corrected chi connectivity index (χ1v) is 5.79. The van der Waals surface area contributed by atoms with E-state index in [0.717, 1.165) is 19.3 Å². The van der Waals surface area contributed by atoms with E-state index in [1.807, 2.05) is 0 Å². The fourth-order valence-corrected chi connectivity index (χ4v) is 2.98. The lowest BCUT2D eigenvalue weighted by molar-refractivity contribution is -0.157. The van der Waals surface area contributed by atoms with Gasteiger partial charge in [-0.15, -0.1) is 0 Å². The van der Waals surface area contributed by atoms with Gasteiger partial charge >= 0.3 is 12.0 Å². The summed E-state index contributed by atoms with van der Waals surface area (Å²) in [5.74, 6) is 0.245. The van der Waals surface area contributed by atoms with Crippen molar-refractivity contribution in [3.63, 3.8) is 0 Å². The second kappa shape index (κ2) is 3.96. The second-order valence-electron chi connectivity index (χ2n) is 4.83. The maximum Gasteiger partial charge on any atom is 0.314 e. The first-order valence-electron chi connectivity index (χ1n) is 5.79. The number of hydrogen-bond acceptors (Lipinski definition) is 3. The fourth-order valence-electron chi connectivity index (χ4n) is 2.98. The van der Waals surface area contributed by atoms with Gasteiger partial charge in [0.05, 0.1) is 12.0 Å². The number of carbonyl (C=O) groups excluding carboxylic acids is 2. The van der Waals surface area contributed by atoms with Crippen molar-refractivity contribution < 1.29 is 14.3 Å². The Bertz CT molecular complexity index is 318. The van der Waals surface area contributed by atoms with Crippen LogP contribution in [0.25, 0.3) is 0 Å². The average molecular weight is 226 g/mol. The molecule has 2 amide bonds. The maximum atomic E-state index is 11.9. The number of nitrogens with two attached hydrogens (primary N) is 1. The fraction of sp³-hybridized carbons (Fsp3) is 0.818. The van der Waals surface area contributed by atoms with Crippen LogP contribution < -0.4 is 5.73 Å². The van der Waals surface area contributed by atoms with Crippen LogP contribution in [0.15, 0.2) is 0 Å². The van der Waals surface area contributed by atoms with Crippen LogP contribution in [0.2, 0.25) is 0 Å². The number of likely N-dealkylation sites (tertiary alicyclic amines) is 1. The molecule has 2 unspecified atom stereocenters. The van der Waals surface area contributed by atoms with Gasteiger partial charge in [0.1, 0.15) is 0 Å². The van der Waals surface area contributed by atoms with E-state index in [2.05, 4.69) is 0 Å². The topological polar surface area (TPSA) is 72.6 Å². The van der Waals surface area contributed by atoms with Gasteiger partial charge in [0.25, 0.3) is 0 Å². The minimum atomic E-state index is -0.478. The molecule has 90 valence electrons. The average Bonchev–Trinajstić information content (AvgIpc) is 2.55. The lowest BCUT2D eigenvalue weighted by Crippen LogP contribution is -2.51. The van der Waals surface area contributed by atoms with Crippen molar-refractivity contribution in [3.05, 3.63) is 0 Å². The van der Waals surface area contributed by atoms with E-state index >= 15 is 0 Å². The van der Waals surface area contributed by atoms with E-state index in [-0.39, 0.29) is 5.97 Å². The van der Waals surface area contributed by atoms with Crippen molar-refractivity contribution in [2.24, 2.45) is 17.1 Å². The van der Waals surface area contributed by atoms with E-state index in [9.17, 15) is 9.59 Å². The lowest BCUT2D eigenvalue weighted by atomic mass is 9.82. The number of nitrogens with zero attached hydrogens (tertiary/aromatic N) is 1. The van der Waals surface area contributed by atoms with E-state index in [1.54, 1.807) is 11.8 Å². The van der Waals surface area contributed by atoms with Crippen molar-refractivity contribution >= 4 is 12.0 Å². The van der Waals surface area contributed by atoms with Gasteiger partial charge in [-0.3, -0.25) is 4.79 Å². The molecule has 0 aromatic rings. The number of carbonyl (C=O) groups is 2. The Hall–Kier alpha value is -1.26. The van der Waals surface area contributed by atoms with Crippen LogP contribution in [0.1, 0.15) is 26.2 Å². The summed E-state index contributed by atoms with van der Waals surface area (Å²) in [6.07, 6.45) is 2.65. The standard InChI is InChI=1S/C11H18N2O3/c1-2-16-9(14)11-4-3-8(5-11)6-13(7-11)10(12)15/h8H,2-7H2,1H3,(H2,12,15). The molecule has 0 aromatic heterocycles. The van der Waals surface area contributed by atoms with Crippen molar-refractivity contribution in [2.75, 3.05) is 19.7 Å². The Labute approximate surface area is 94.9 Å². The molecule has 1 aliphatic carbocycles. The third kappa shape index (κ3) is 1.74. The Balaban J connectivity index is 2.14. The molecule has 0 spiro atoms. The van der Waals surface area contributed by atoms with Crippen LogP contribution in [-0.2, 0) is 9.53 Å². The van der Waals surface area contributed by atoms with Gasteiger partial charge in [0.15, 0.2) is 0 Å². The third-order valence-electron chi connectivity index (χ3n) is 3.70. The summed E-state index contributed by atoms with van der Waals surface area (Å²) in [6.45, 7) is 3.31. The van der Waals surface area contributed by atoms with Crippen LogP contribution >= 0.6 is 0 Å². The highest BCUT2D eigenvalue weighted by Gasteiger charge is 2.51. The molecule has 1 heterocycles. The number of piperidine rings is 1. The number of hydrogen-bond donors (Lipinski definition) is 1. The zero-order chi connectivity index (χ0) is 11.8. The molecule has 1 saturated carbocycles. The van der Waals surface area contributed by atoms with Crippen molar-refractivity contribution in [1.82, 2.24) is 4.90 Å². The summed E-state index contributed by atoms with van der Waals surface area (Å²) in [6, 6.07) is -0.430. The predicted molar refractivity (Wildman–Crippen MR) is 57.6 cm³/mol. The van der Waals surface area contributed by atoms with Crippen molar-refractivity contribution in [3.8, 4) is 0 Å². The van der Waals surface area contributed by atoms with E-state index in [1.165, 1.54) is 0 Å². The minimum absolute atomic E-state index is 0.163. The molecule has 5 heteroatoms. The van der Waals surface area contributed by atoms with Gasteiger partial charge in [-0.25, -0.2) is 4.79 Å². The Morgan fingerprint density at radius 1 is 1.56 bits per heavy atom. The largest absolute Gasteiger partial charge is 0.466 e. The van der Waals surface area contributed by atoms with Gasteiger partial charge in [0.2, 0.25) is 0 Å². The van der Waals surface area contributed by atoms with Crippen LogP contribution in [0.3, 0.4) is 0 Å². The number of fused-ring (bicyclic) bond motifs is 2. The smallest absolute Gasteiger partial charge is 0.314 e. The van der Waals surface area contributed by atoms with Gasteiger partial charge < -0.3 is 15.4 Å². The monoisotopic (exact) mass is 226 g/mol. The summed E-state index contributed by atoms with van der Waals surface area (Å²) in [4.78, 5) is 24.7. The summed E-state index contributed by atoms with van der Waals surface area (Å²) in [5, 5.41) is 0. The number of amides is 2. The first kappa shape index (κ1) is 11.2. The molecule has 2 aliphatic rings. The van der Waals surface area contributed by atoms with E-state index in [0.29, 0.717) is 25.6 Å². The van der Waals surface area contributed by atoms with Crippen molar-refractivity contribution in [2.45, 2.75) is 26.2 Å². The molecule has 5 nitrogen and oxygen atoms in total. The molecule has 2 fully saturated rings. The van der Waals surface area contributed by atoms with Gasteiger partial charge in [0, 0.05) is 13.1 Å². The number of primary amides is 1. The van der Waals surface area contributed by atoms with Crippen LogP contribution in [-0.4, -0.2) is 36.6 Å². The predicted octanol–water partition coefficient (Wildman–Crippen LogP) is 0.730. The molecule has 0 aromatic carbocycles. The Morgan fingerprint density at radius 3 is 2.94 bits per heavy atom. The summed E-state index contributed by atoms with van der Waals surface area (Å²) < 4.78 is 5.11. The zero-order valence-corrected chi connectivity index (χ0v) is 9.57. The SMILES string of the molecule is CCOC(=O)C12CCC(CN(C(N)=O)C1)C2. The highest BCUT2D eigenvalue weighted by molar-refractivity contribution is 5.80. The Kier molecular flexibility index (Phi) is 2.78. The number of ether oxygens (including phenoxy) is 1. The van der Waals surface area contributed by atoms with E-state index < -0.39 is 11.4 Å². The van der Waals surface area contributed by atoms with Crippen LogP contribution in [0.5, 0.6) is 0 Å².